The predicted octanol–water partition coefficient (Wildman–Crippen LogP) is 3.99. The summed E-state index contributed by atoms with van der Waals surface area (Å²) < 4.78 is 32.3. The first-order valence-corrected chi connectivity index (χ1v) is 11.4. The van der Waals surface area contributed by atoms with E-state index in [2.05, 4.69) is 27.7 Å². The number of hydrogen-bond acceptors (Lipinski definition) is 8. The molecular weight excluding hydrogens is 392 g/mol. The van der Waals surface area contributed by atoms with E-state index in [1.165, 1.54) is 0 Å². The summed E-state index contributed by atoms with van der Waals surface area (Å²) in [5, 5.41) is 0. The van der Waals surface area contributed by atoms with Crippen LogP contribution >= 0.6 is 0 Å². The molecule has 0 spiro atoms. The van der Waals surface area contributed by atoms with Gasteiger partial charge in [0.1, 0.15) is 13.2 Å². The molecule has 178 valence electrons. The molecule has 0 fully saturated rings. The quantitative estimate of drug-likeness (QED) is 0.123. The largest absolute Gasteiger partial charge is 0.452 e. The van der Waals surface area contributed by atoms with E-state index < -0.39 is 24.5 Å². The molecule has 0 aliphatic heterocycles. The van der Waals surface area contributed by atoms with E-state index in [-0.39, 0.29) is 13.2 Å². The Morgan fingerprint density at radius 2 is 0.800 bits per heavy atom. The van der Waals surface area contributed by atoms with Crippen LogP contribution in [0.4, 0.5) is 0 Å². The summed E-state index contributed by atoms with van der Waals surface area (Å²) >= 11 is 0. The smallest absolute Gasteiger partial charge is 0.417 e. The van der Waals surface area contributed by atoms with Crippen molar-refractivity contribution in [3.63, 3.8) is 0 Å². The molecule has 8 heteroatoms. The summed E-state index contributed by atoms with van der Waals surface area (Å²) in [6.45, 7) is 9.89. The van der Waals surface area contributed by atoms with Gasteiger partial charge in [-0.2, -0.15) is 0 Å². The van der Waals surface area contributed by atoms with E-state index in [1.807, 2.05) is 0 Å². The lowest BCUT2D eigenvalue weighted by molar-refractivity contribution is -0.198. The highest BCUT2D eigenvalue weighted by atomic mass is 16.7. The van der Waals surface area contributed by atoms with E-state index in [0.717, 1.165) is 51.4 Å². The summed E-state index contributed by atoms with van der Waals surface area (Å²) in [5.41, 5.74) is 0. The van der Waals surface area contributed by atoms with E-state index >= 15 is 0 Å². The van der Waals surface area contributed by atoms with Gasteiger partial charge in [-0.25, -0.2) is 9.59 Å². The molecule has 0 aliphatic rings. The van der Waals surface area contributed by atoms with Crippen molar-refractivity contribution in [3.05, 3.63) is 0 Å². The minimum Gasteiger partial charge on any atom is -0.452 e. The molecule has 0 atom stereocenters. The minimum atomic E-state index is -1.08. The monoisotopic (exact) mass is 434 g/mol. The fourth-order valence-electron chi connectivity index (χ4n) is 2.13. The number of unbranched alkanes of at least 4 members (excludes halogenated alkanes) is 4. The molecule has 0 radical (unpaired) electrons. The van der Waals surface area contributed by atoms with Crippen molar-refractivity contribution in [3.8, 4) is 0 Å². The summed E-state index contributed by atoms with van der Waals surface area (Å²) in [6, 6.07) is 0. The second-order valence-electron chi connectivity index (χ2n) is 6.95. The SMILES string of the molecule is CCCCOC(COC(=O)C(=O)OCC(OCCCC)OCCCC)OCCCC. The molecule has 0 unspecified atom stereocenters. The average molecular weight is 435 g/mol. The predicted molar refractivity (Wildman–Crippen MR) is 113 cm³/mol. The van der Waals surface area contributed by atoms with Crippen molar-refractivity contribution >= 4 is 11.9 Å². The summed E-state index contributed by atoms with van der Waals surface area (Å²) in [6.07, 6.45) is 6.05. The second-order valence-corrected chi connectivity index (χ2v) is 6.95. The molecule has 0 saturated heterocycles. The molecule has 0 aliphatic carbocycles. The number of carbonyl (C=O) groups excluding carboxylic acids is 2. The first-order chi connectivity index (χ1) is 14.6. The highest BCUT2D eigenvalue weighted by molar-refractivity contribution is 6.29. The van der Waals surface area contributed by atoms with Crippen LogP contribution in [0.2, 0.25) is 0 Å². The number of rotatable bonds is 20. The van der Waals surface area contributed by atoms with Gasteiger partial charge in [-0.3, -0.25) is 0 Å². The summed E-state index contributed by atoms with van der Waals surface area (Å²) in [4.78, 5) is 23.9. The first-order valence-electron chi connectivity index (χ1n) is 11.4. The van der Waals surface area contributed by atoms with Crippen LogP contribution in [-0.2, 0) is 38.0 Å². The van der Waals surface area contributed by atoms with Crippen LogP contribution in [0.3, 0.4) is 0 Å². The summed E-state index contributed by atoms with van der Waals surface area (Å²) in [5.74, 6) is -2.17. The van der Waals surface area contributed by atoms with Crippen molar-refractivity contribution in [2.75, 3.05) is 39.6 Å². The zero-order valence-corrected chi connectivity index (χ0v) is 19.3. The fraction of sp³-hybridized carbons (Fsp3) is 0.909. The van der Waals surface area contributed by atoms with Crippen molar-refractivity contribution in [2.24, 2.45) is 0 Å². The molecule has 0 aromatic rings. The van der Waals surface area contributed by atoms with E-state index in [4.69, 9.17) is 28.4 Å². The third-order valence-corrected chi connectivity index (χ3v) is 4.07. The lowest BCUT2D eigenvalue weighted by Gasteiger charge is -2.19. The van der Waals surface area contributed by atoms with Crippen LogP contribution in [0.5, 0.6) is 0 Å². The molecule has 0 aromatic carbocycles. The fourth-order valence-corrected chi connectivity index (χ4v) is 2.13. The number of carbonyl (C=O) groups is 2. The van der Waals surface area contributed by atoms with Gasteiger partial charge >= 0.3 is 11.9 Å². The molecule has 8 nitrogen and oxygen atoms in total. The molecule has 0 bridgehead atoms. The van der Waals surface area contributed by atoms with Gasteiger partial charge in [0.05, 0.1) is 0 Å². The van der Waals surface area contributed by atoms with Crippen LogP contribution in [0, 0.1) is 0 Å². The highest BCUT2D eigenvalue weighted by Crippen LogP contribution is 2.04. The molecule has 0 N–H and O–H groups in total. The Hall–Kier alpha value is -1.22. The van der Waals surface area contributed by atoms with Gasteiger partial charge in [0.15, 0.2) is 12.6 Å². The summed E-state index contributed by atoms with van der Waals surface area (Å²) in [7, 11) is 0. The lowest BCUT2D eigenvalue weighted by Crippen LogP contribution is -2.32. The Morgan fingerprint density at radius 3 is 1.03 bits per heavy atom. The number of hydrogen-bond donors (Lipinski definition) is 0. The van der Waals surface area contributed by atoms with Crippen LogP contribution < -0.4 is 0 Å². The van der Waals surface area contributed by atoms with Crippen molar-refractivity contribution in [1.29, 1.82) is 0 Å². The Bertz CT molecular complexity index is 358. The van der Waals surface area contributed by atoms with Crippen molar-refractivity contribution < 1.29 is 38.0 Å². The van der Waals surface area contributed by atoms with Gasteiger partial charge in [-0.15, -0.1) is 0 Å². The zero-order chi connectivity index (χ0) is 22.5. The second kappa shape index (κ2) is 21.0. The van der Waals surface area contributed by atoms with Gasteiger partial charge in [0.2, 0.25) is 0 Å². The molecule has 0 heterocycles. The minimum absolute atomic E-state index is 0.162. The molecule has 0 saturated carbocycles. The normalized spacial score (nSPS) is 11.3. The van der Waals surface area contributed by atoms with E-state index in [9.17, 15) is 9.59 Å². The third kappa shape index (κ3) is 16.6. The number of esters is 2. The van der Waals surface area contributed by atoms with Crippen LogP contribution in [0.25, 0.3) is 0 Å². The van der Waals surface area contributed by atoms with E-state index in [0.29, 0.717) is 26.4 Å². The maximum atomic E-state index is 12.0. The van der Waals surface area contributed by atoms with Gasteiger partial charge in [-0.05, 0) is 25.7 Å². The molecule has 30 heavy (non-hydrogen) atoms. The molecule has 0 amide bonds. The van der Waals surface area contributed by atoms with E-state index in [1.54, 1.807) is 0 Å². The van der Waals surface area contributed by atoms with Crippen LogP contribution in [-0.4, -0.2) is 64.2 Å². The Morgan fingerprint density at radius 1 is 0.533 bits per heavy atom. The Kier molecular flexibility index (Phi) is 20.2. The third-order valence-electron chi connectivity index (χ3n) is 4.07. The van der Waals surface area contributed by atoms with Gasteiger partial charge in [0.25, 0.3) is 0 Å². The molecule has 0 aromatic heterocycles. The molecule has 0 rings (SSSR count). The Labute approximate surface area is 181 Å². The van der Waals surface area contributed by atoms with Gasteiger partial charge in [-0.1, -0.05) is 53.4 Å². The van der Waals surface area contributed by atoms with Crippen molar-refractivity contribution in [2.45, 2.75) is 91.6 Å². The maximum absolute atomic E-state index is 12.0. The standard InChI is InChI=1S/C22H42O8/c1-5-9-13-25-19(26-14-10-6-2)17-29-21(23)22(24)30-18-20(27-15-11-7-3)28-16-12-8-4/h19-20H,5-18H2,1-4H3. The van der Waals surface area contributed by atoms with Crippen LogP contribution in [0.1, 0.15) is 79.1 Å². The Balaban J connectivity index is 4.37. The van der Waals surface area contributed by atoms with Crippen LogP contribution in [0.15, 0.2) is 0 Å². The lowest BCUT2D eigenvalue weighted by atomic mass is 10.3. The first kappa shape index (κ1) is 28.8. The number of ether oxygens (including phenoxy) is 6. The zero-order valence-electron chi connectivity index (χ0n) is 19.3. The average Bonchev–Trinajstić information content (AvgIpc) is 2.75. The topological polar surface area (TPSA) is 89.5 Å². The van der Waals surface area contributed by atoms with Gasteiger partial charge in [0, 0.05) is 26.4 Å². The van der Waals surface area contributed by atoms with Gasteiger partial charge < -0.3 is 28.4 Å². The highest BCUT2D eigenvalue weighted by Gasteiger charge is 2.22. The van der Waals surface area contributed by atoms with Crippen molar-refractivity contribution in [1.82, 2.24) is 0 Å². The maximum Gasteiger partial charge on any atom is 0.417 e. The molecular formula is C22H42O8.